The van der Waals surface area contributed by atoms with Gasteiger partial charge in [-0.3, -0.25) is 4.79 Å². The Balaban J connectivity index is 2.76. The minimum atomic E-state index is -0.494. The predicted molar refractivity (Wildman–Crippen MR) is 77.0 cm³/mol. The van der Waals surface area contributed by atoms with Crippen LogP contribution in [0, 0.1) is 0 Å². The van der Waals surface area contributed by atoms with E-state index >= 15 is 0 Å². The van der Waals surface area contributed by atoms with Crippen LogP contribution in [0.1, 0.15) is 32.8 Å². The van der Waals surface area contributed by atoms with Crippen molar-refractivity contribution in [1.29, 1.82) is 0 Å². The second-order valence-corrected chi connectivity index (χ2v) is 6.03. The first-order valence-corrected chi connectivity index (χ1v) is 6.74. The maximum absolute atomic E-state index is 12.5. The van der Waals surface area contributed by atoms with E-state index in [9.17, 15) is 4.79 Å². The van der Waals surface area contributed by atoms with Crippen LogP contribution < -0.4 is 0 Å². The number of nitrogens with zero attached hydrogens (tertiary/aromatic N) is 1. The molecule has 0 saturated heterocycles. The van der Waals surface area contributed by atoms with Gasteiger partial charge in [0.05, 0.1) is 5.41 Å². The lowest BCUT2D eigenvalue weighted by atomic mass is 9.83. The molecule has 100 valence electrons. The van der Waals surface area contributed by atoms with Crippen LogP contribution in [0.4, 0.5) is 0 Å². The van der Waals surface area contributed by atoms with Crippen molar-refractivity contribution in [2.24, 2.45) is 0 Å². The Kier molecular flexibility index (Phi) is 5.21. The largest absolute Gasteiger partial charge is 0.345 e. The van der Waals surface area contributed by atoms with E-state index in [0.29, 0.717) is 6.54 Å². The molecule has 0 spiro atoms. The van der Waals surface area contributed by atoms with Gasteiger partial charge in [0.1, 0.15) is 0 Å². The van der Waals surface area contributed by atoms with Gasteiger partial charge in [-0.05, 0) is 32.8 Å². The Bertz CT molecular complexity index is 387. The summed E-state index contributed by atoms with van der Waals surface area (Å²) in [6, 6.07) is 9.88. The van der Waals surface area contributed by atoms with Gasteiger partial charge in [-0.15, -0.1) is 11.6 Å². The lowest BCUT2D eigenvalue weighted by Crippen LogP contribution is -2.42. The molecule has 0 aromatic heterocycles. The van der Waals surface area contributed by atoms with Crippen LogP contribution in [0.2, 0.25) is 0 Å². The minimum absolute atomic E-state index is 0.0973. The number of halogens is 1. The topological polar surface area (TPSA) is 20.3 Å². The minimum Gasteiger partial charge on any atom is -0.345 e. The molecule has 0 aliphatic rings. The number of hydrogen-bond donors (Lipinski definition) is 0. The van der Waals surface area contributed by atoms with Gasteiger partial charge in [-0.25, -0.2) is 0 Å². The van der Waals surface area contributed by atoms with Gasteiger partial charge in [0, 0.05) is 19.0 Å². The number of likely N-dealkylation sites (N-methyl/N-ethyl adjacent to an activating group) is 1. The summed E-state index contributed by atoms with van der Waals surface area (Å²) < 4.78 is 0. The highest BCUT2D eigenvalue weighted by atomic mass is 35.5. The van der Waals surface area contributed by atoms with Gasteiger partial charge in [0.2, 0.25) is 5.91 Å². The average Bonchev–Trinajstić information content (AvgIpc) is 2.36. The molecular formula is C15H22ClNO. The number of rotatable bonds is 5. The van der Waals surface area contributed by atoms with E-state index in [1.165, 1.54) is 0 Å². The highest BCUT2D eigenvalue weighted by Gasteiger charge is 2.31. The van der Waals surface area contributed by atoms with Gasteiger partial charge in [-0.1, -0.05) is 30.3 Å². The summed E-state index contributed by atoms with van der Waals surface area (Å²) in [5, 5.41) is 0.0973. The van der Waals surface area contributed by atoms with Gasteiger partial charge >= 0.3 is 0 Å². The molecule has 1 aromatic rings. The first kappa shape index (κ1) is 15.0. The van der Waals surface area contributed by atoms with Crippen LogP contribution in [0.3, 0.4) is 0 Å². The Morgan fingerprint density at radius 2 is 1.89 bits per heavy atom. The fourth-order valence-electron chi connectivity index (χ4n) is 1.93. The first-order chi connectivity index (χ1) is 8.35. The lowest BCUT2D eigenvalue weighted by Gasteiger charge is -2.30. The maximum Gasteiger partial charge on any atom is 0.232 e. The van der Waals surface area contributed by atoms with Crippen molar-refractivity contribution in [3.63, 3.8) is 0 Å². The molecule has 0 heterocycles. The summed E-state index contributed by atoms with van der Waals surface area (Å²) in [5.74, 6) is 0.131. The molecule has 1 unspecified atom stereocenters. The third-order valence-corrected chi connectivity index (χ3v) is 3.46. The Labute approximate surface area is 115 Å². The Morgan fingerprint density at radius 3 is 2.39 bits per heavy atom. The molecule has 1 rings (SSSR count). The molecule has 0 bridgehead atoms. The second-order valence-electron chi connectivity index (χ2n) is 5.29. The highest BCUT2D eigenvalue weighted by molar-refractivity contribution is 6.20. The maximum atomic E-state index is 12.5. The van der Waals surface area contributed by atoms with E-state index in [2.05, 4.69) is 0 Å². The fraction of sp³-hybridized carbons (Fsp3) is 0.533. The van der Waals surface area contributed by atoms with Crippen LogP contribution in [-0.4, -0.2) is 29.8 Å². The third-order valence-electron chi connectivity index (χ3n) is 3.24. The van der Waals surface area contributed by atoms with Crippen molar-refractivity contribution in [3.8, 4) is 0 Å². The third kappa shape index (κ3) is 3.74. The van der Waals surface area contributed by atoms with Crippen molar-refractivity contribution >= 4 is 17.5 Å². The Hall–Kier alpha value is -1.02. The molecule has 0 aliphatic carbocycles. The molecule has 1 amide bonds. The molecule has 0 N–H and O–H groups in total. The van der Waals surface area contributed by atoms with E-state index in [4.69, 9.17) is 11.6 Å². The van der Waals surface area contributed by atoms with Crippen molar-refractivity contribution in [1.82, 2.24) is 4.90 Å². The summed E-state index contributed by atoms with van der Waals surface area (Å²) in [6.07, 6.45) is 0.814. The quantitative estimate of drug-likeness (QED) is 0.749. The zero-order valence-electron chi connectivity index (χ0n) is 11.6. The van der Waals surface area contributed by atoms with Gasteiger partial charge < -0.3 is 4.90 Å². The summed E-state index contributed by atoms with van der Waals surface area (Å²) in [4.78, 5) is 14.2. The van der Waals surface area contributed by atoms with E-state index < -0.39 is 5.41 Å². The van der Waals surface area contributed by atoms with Crippen LogP contribution in [0.5, 0.6) is 0 Å². The molecule has 18 heavy (non-hydrogen) atoms. The fourth-order valence-corrected chi connectivity index (χ4v) is 2.03. The average molecular weight is 268 g/mol. The molecule has 1 atom stereocenters. The SMILES string of the molecule is CC(Cl)CCN(C)C(=O)C(C)(C)c1ccccc1. The second kappa shape index (κ2) is 6.24. The molecule has 3 heteroatoms. The number of carbonyl (C=O) groups excluding carboxylic acids is 1. The van der Waals surface area contributed by atoms with E-state index in [1.54, 1.807) is 4.90 Å². The van der Waals surface area contributed by atoms with E-state index in [-0.39, 0.29) is 11.3 Å². The number of benzene rings is 1. The molecule has 0 saturated carbocycles. The van der Waals surface area contributed by atoms with Crippen molar-refractivity contribution in [2.75, 3.05) is 13.6 Å². The van der Waals surface area contributed by atoms with Gasteiger partial charge in [-0.2, -0.15) is 0 Å². The summed E-state index contributed by atoms with van der Waals surface area (Å²) in [5.41, 5.74) is 0.548. The van der Waals surface area contributed by atoms with Gasteiger partial charge in [0.25, 0.3) is 0 Å². The van der Waals surface area contributed by atoms with Gasteiger partial charge in [0.15, 0.2) is 0 Å². The van der Waals surface area contributed by atoms with E-state index in [1.807, 2.05) is 58.2 Å². The van der Waals surface area contributed by atoms with Crippen LogP contribution >= 0.6 is 11.6 Å². The van der Waals surface area contributed by atoms with Crippen molar-refractivity contribution < 1.29 is 4.79 Å². The Morgan fingerprint density at radius 1 is 1.33 bits per heavy atom. The zero-order chi connectivity index (χ0) is 13.8. The smallest absolute Gasteiger partial charge is 0.232 e. The van der Waals surface area contributed by atoms with Crippen molar-refractivity contribution in [2.45, 2.75) is 38.0 Å². The van der Waals surface area contributed by atoms with Crippen LogP contribution in [0.25, 0.3) is 0 Å². The normalized spacial score (nSPS) is 13.2. The van der Waals surface area contributed by atoms with Crippen molar-refractivity contribution in [3.05, 3.63) is 35.9 Å². The summed E-state index contributed by atoms with van der Waals surface area (Å²) in [6.45, 7) is 6.57. The number of amides is 1. The highest BCUT2D eigenvalue weighted by Crippen LogP contribution is 2.25. The molecule has 0 aliphatic heterocycles. The molecule has 0 radical (unpaired) electrons. The summed E-state index contributed by atoms with van der Waals surface area (Å²) in [7, 11) is 1.84. The van der Waals surface area contributed by atoms with Crippen LogP contribution in [0.15, 0.2) is 30.3 Å². The number of carbonyl (C=O) groups is 1. The molecule has 1 aromatic carbocycles. The standard InChI is InChI=1S/C15H22ClNO/c1-12(16)10-11-17(4)14(18)15(2,3)13-8-6-5-7-9-13/h5-9,12H,10-11H2,1-4H3. The molecular weight excluding hydrogens is 246 g/mol. The monoisotopic (exact) mass is 267 g/mol. The molecule has 0 fully saturated rings. The molecule has 2 nitrogen and oxygen atoms in total. The lowest BCUT2D eigenvalue weighted by molar-refractivity contribution is -0.135. The summed E-state index contributed by atoms with van der Waals surface area (Å²) >= 11 is 5.92. The predicted octanol–water partition coefficient (Wildman–Crippen LogP) is 3.44. The van der Waals surface area contributed by atoms with E-state index in [0.717, 1.165) is 12.0 Å². The number of alkyl halides is 1. The first-order valence-electron chi connectivity index (χ1n) is 6.31. The number of hydrogen-bond acceptors (Lipinski definition) is 1. The zero-order valence-corrected chi connectivity index (χ0v) is 12.4. The van der Waals surface area contributed by atoms with Crippen LogP contribution in [-0.2, 0) is 10.2 Å².